The average molecular weight is 311 g/mol. The highest BCUT2D eigenvalue weighted by atomic mass is 32.1. The van der Waals surface area contributed by atoms with Gasteiger partial charge in [-0.2, -0.15) is 0 Å². The number of amides is 1. The minimum atomic E-state index is 0.114. The Labute approximate surface area is 130 Å². The van der Waals surface area contributed by atoms with Crippen LogP contribution in [0.4, 0.5) is 5.13 Å². The molecule has 0 aliphatic carbocycles. The molecule has 0 bridgehead atoms. The third-order valence-electron chi connectivity index (χ3n) is 3.99. The van der Waals surface area contributed by atoms with Gasteiger partial charge < -0.3 is 15.3 Å². The Kier molecular flexibility index (Phi) is 5.99. The molecule has 1 aliphatic heterocycles. The molecule has 1 saturated heterocycles. The zero-order chi connectivity index (χ0) is 15.2. The molecule has 0 radical (unpaired) electrons. The van der Waals surface area contributed by atoms with Gasteiger partial charge in [-0.25, -0.2) is 4.98 Å². The van der Waals surface area contributed by atoms with Gasteiger partial charge in [-0.1, -0.05) is 6.92 Å². The van der Waals surface area contributed by atoms with Crippen molar-refractivity contribution in [1.29, 1.82) is 0 Å². The summed E-state index contributed by atoms with van der Waals surface area (Å²) in [5.41, 5.74) is 1.06. The van der Waals surface area contributed by atoms with Gasteiger partial charge in [0.05, 0.1) is 5.69 Å². The molecule has 5 nitrogen and oxygen atoms in total. The van der Waals surface area contributed by atoms with Crippen molar-refractivity contribution in [2.75, 3.05) is 31.1 Å². The fraction of sp³-hybridized carbons (Fsp3) is 0.733. The number of nitrogens with zero attached hydrogens (tertiary/aromatic N) is 2. The molecular formula is C15H25N3O2S. The topological polar surface area (TPSA) is 65.5 Å². The van der Waals surface area contributed by atoms with Crippen molar-refractivity contribution in [2.24, 2.45) is 11.8 Å². The molecule has 2 heterocycles. The molecule has 1 amide bonds. The van der Waals surface area contributed by atoms with Gasteiger partial charge in [0.1, 0.15) is 0 Å². The summed E-state index contributed by atoms with van der Waals surface area (Å²) in [7, 11) is 0. The Morgan fingerprint density at radius 1 is 1.57 bits per heavy atom. The number of carbonyl (C=O) groups is 1. The number of piperidine rings is 1. The first-order valence-corrected chi connectivity index (χ1v) is 8.53. The van der Waals surface area contributed by atoms with E-state index in [0.29, 0.717) is 12.5 Å². The van der Waals surface area contributed by atoms with Gasteiger partial charge in [-0.05, 0) is 32.1 Å². The number of aliphatic hydroxyl groups is 1. The third kappa shape index (κ3) is 4.68. The number of rotatable bonds is 6. The van der Waals surface area contributed by atoms with Crippen LogP contribution < -0.4 is 10.2 Å². The van der Waals surface area contributed by atoms with Crippen LogP contribution in [-0.4, -0.2) is 42.2 Å². The molecule has 1 aliphatic rings. The number of thiazole rings is 1. The molecule has 1 aromatic heterocycles. The van der Waals surface area contributed by atoms with Crippen molar-refractivity contribution < 1.29 is 9.90 Å². The number of carbonyl (C=O) groups excluding carboxylic acids is 1. The second-order valence-electron chi connectivity index (χ2n) is 5.90. The van der Waals surface area contributed by atoms with Crippen LogP contribution in [-0.2, 0) is 4.79 Å². The van der Waals surface area contributed by atoms with E-state index in [4.69, 9.17) is 5.11 Å². The van der Waals surface area contributed by atoms with Crippen LogP contribution in [0.25, 0.3) is 0 Å². The summed E-state index contributed by atoms with van der Waals surface area (Å²) >= 11 is 1.68. The Morgan fingerprint density at radius 3 is 2.86 bits per heavy atom. The van der Waals surface area contributed by atoms with Crippen LogP contribution in [0.2, 0.25) is 0 Å². The van der Waals surface area contributed by atoms with E-state index in [0.717, 1.165) is 43.2 Å². The number of aromatic nitrogens is 1. The van der Waals surface area contributed by atoms with E-state index in [1.165, 1.54) is 0 Å². The molecule has 1 aromatic rings. The normalized spacial score (nSPS) is 17.8. The summed E-state index contributed by atoms with van der Waals surface area (Å²) in [6.07, 6.45) is 2.51. The zero-order valence-electron chi connectivity index (χ0n) is 12.8. The van der Waals surface area contributed by atoms with Gasteiger partial charge in [0.2, 0.25) is 5.91 Å². The van der Waals surface area contributed by atoms with Gasteiger partial charge >= 0.3 is 0 Å². The lowest BCUT2D eigenvalue weighted by Gasteiger charge is -2.31. The zero-order valence-corrected chi connectivity index (χ0v) is 13.7. The lowest BCUT2D eigenvalue weighted by Crippen LogP contribution is -2.41. The van der Waals surface area contributed by atoms with Crippen LogP contribution in [0, 0.1) is 18.8 Å². The first kappa shape index (κ1) is 16.2. The molecule has 2 rings (SSSR count). The summed E-state index contributed by atoms with van der Waals surface area (Å²) in [5.74, 6) is 0.607. The number of aliphatic hydroxyl groups excluding tert-OH is 1. The predicted molar refractivity (Wildman–Crippen MR) is 85.7 cm³/mol. The highest BCUT2D eigenvalue weighted by Gasteiger charge is 2.26. The van der Waals surface area contributed by atoms with Crippen molar-refractivity contribution in [3.8, 4) is 0 Å². The van der Waals surface area contributed by atoms with Crippen molar-refractivity contribution in [2.45, 2.75) is 33.1 Å². The van der Waals surface area contributed by atoms with E-state index < -0.39 is 0 Å². The molecule has 0 aromatic carbocycles. The second kappa shape index (κ2) is 7.75. The Bertz CT molecular complexity index is 456. The van der Waals surface area contributed by atoms with Crippen molar-refractivity contribution >= 4 is 22.4 Å². The van der Waals surface area contributed by atoms with Crippen molar-refractivity contribution in [1.82, 2.24) is 10.3 Å². The molecular weight excluding hydrogens is 286 g/mol. The maximum atomic E-state index is 12.1. The number of aryl methyl sites for hydroxylation is 1. The molecule has 1 fully saturated rings. The number of hydrogen-bond donors (Lipinski definition) is 2. The molecule has 0 saturated carbocycles. The summed E-state index contributed by atoms with van der Waals surface area (Å²) in [6.45, 7) is 6.69. The van der Waals surface area contributed by atoms with Gasteiger partial charge in [0, 0.05) is 37.5 Å². The number of hydrogen-bond acceptors (Lipinski definition) is 5. The SMILES string of the molecule is Cc1csc(N2CCC(C(=O)NCC(C)CCO)CC2)n1. The van der Waals surface area contributed by atoms with Gasteiger partial charge in [0.15, 0.2) is 5.13 Å². The lowest BCUT2D eigenvalue weighted by atomic mass is 9.96. The third-order valence-corrected chi connectivity index (χ3v) is 5.01. The smallest absolute Gasteiger partial charge is 0.223 e. The summed E-state index contributed by atoms with van der Waals surface area (Å²) in [5, 5.41) is 15.0. The van der Waals surface area contributed by atoms with E-state index in [1.807, 2.05) is 13.8 Å². The largest absolute Gasteiger partial charge is 0.396 e. The fourth-order valence-corrected chi connectivity index (χ4v) is 3.42. The molecule has 0 spiro atoms. The lowest BCUT2D eigenvalue weighted by molar-refractivity contribution is -0.125. The molecule has 1 atom stereocenters. The first-order chi connectivity index (χ1) is 10.1. The summed E-state index contributed by atoms with van der Waals surface area (Å²) < 4.78 is 0. The van der Waals surface area contributed by atoms with E-state index in [1.54, 1.807) is 11.3 Å². The first-order valence-electron chi connectivity index (χ1n) is 7.65. The fourth-order valence-electron chi connectivity index (χ4n) is 2.56. The van der Waals surface area contributed by atoms with Gasteiger partial charge in [-0.15, -0.1) is 11.3 Å². The van der Waals surface area contributed by atoms with E-state index in [2.05, 4.69) is 20.6 Å². The quantitative estimate of drug-likeness (QED) is 0.841. The maximum Gasteiger partial charge on any atom is 0.223 e. The van der Waals surface area contributed by atoms with Gasteiger partial charge in [-0.3, -0.25) is 4.79 Å². The average Bonchev–Trinajstić information content (AvgIpc) is 2.92. The molecule has 118 valence electrons. The minimum absolute atomic E-state index is 0.114. The number of anilines is 1. The van der Waals surface area contributed by atoms with Crippen LogP contribution >= 0.6 is 11.3 Å². The monoisotopic (exact) mass is 311 g/mol. The summed E-state index contributed by atoms with van der Waals surface area (Å²) in [6, 6.07) is 0. The Balaban J connectivity index is 1.74. The highest BCUT2D eigenvalue weighted by molar-refractivity contribution is 7.13. The van der Waals surface area contributed by atoms with Crippen molar-refractivity contribution in [3.63, 3.8) is 0 Å². The van der Waals surface area contributed by atoms with E-state index >= 15 is 0 Å². The van der Waals surface area contributed by atoms with Crippen LogP contribution in [0.5, 0.6) is 0 Å². The van der Waals surface area contributed by atoms with E-state index in [9.17, 15) is 4.79 Å². The molecule has 6 heteroatoms. The highest BCUT2D eigenvalue weighted by Crippen LogP contribution is 2.26. The van der Waals surface area contributed by atoms with Gasteiger partial charge in [0.25, 0.3) is 0 Å². The van der Waals surface area contributed by atoms with Crippen molar-refractivity contribution in [3.05, 3.63) is 11.1 Å². The van der Waals surface area contributed by atoms with Crippen LogP contribution in [0.3, 0.4) is 0 Å². The van der Waals surface area contributed by atoms with Crippen LogP contribution in [0.1, 0.15) is 31.9 Å². The Hall–Kier alpha value is -1.14. The minimum Gasteiger partial charge on any atom is -0.396 e. The summed E-state index contributed by atoms with van der Waals surface area (Å²) in [4.78, 5) is 18.9. The molecule has 2 N–H and O–H groups in total. The number of nitrogens with one attached hydrogen (secondary N) is 1. The standard InChI is InChI=1S/C15H25N3O2S/c1-11(5-8-19)9-16-14(20)13-3-6-18(7-4-13)15-17-12(2)10-21-15/h10-11,13,19H,3-9H2,1-2H3,(H,16,20). The second-order valence-corrected chi connectivity index (χ2v) is 6.73. The van der Waals surface area contributed by atoms with Crippen LogP contribution in [0.15, 0.2) is 5.38 Å². The van der Waals surface area contributed by atoms with E-state index in [-0.39, 0.29) is 18.4 Å². The predicted octanol–water partition coefficient (Wildman–Crippen LogP) is 1.80. The molecule has 1 unspecified atom stereocenters. The maximum absolute atomic E-state index is 12.1. The Morgan fingerprint density at radius 2 is 2.29 bits per heavy atom. The molecule has 21 heavy (non-hydrogen) atoms.